The second-order valence-electron chi connectivity index (χ2n) is 10.6. The molecule has 0 spiro atoms. The van der Waals surface area contributed by atoms with Gasteiger partial charge in [0.1, 0.15) is 17.3 Å². The van der Waals surface area contributed by atoms with E-state index in [4.69, 9.17) is 9.47 Å². The van der Waals surface area contributed by atoms with Gasteiger partial charge in [0, 0.05) is 37.8 Å². The van der Waals surface area contributed by atoms with Crippen LogP contribution in [0.4, 0.5) is 0 Å². The average molecular weight is 569 g/mol. The van der Waals surface area contributed by atoms with E-state index in [2.05, 4.69) is 25.6 Å². The number of hydrogen-bond donors (Lipinski definition) is 3. The van der Waals surface area contributed by atoms with Gasteiger partial charge in [-0.05, 0) is 61.7 Å². The van der Waals surface area contributed by atoms with Gasteiger partial charge in [0.25, 0.3) is 11.8 Å². The van der Waals surface area contributed by atoms with E-state index in [1.807, 2.05) is 43.3 Å². The number of carbonyl (C=O) groups is 3. The molecule has 11 heteroatoms. The monoisotopic (exact) mass is 568 g/mol. The minimum Gasteiger partial charge on any atom is -0.456 e. The van der Waals surface area contributed by atoms with Gasteiger partial charge in [-0.3, -0.25) is 19.4 Å². The number of H-pyrrole nitrogens is 1. The number of piperidine rings is 1. The Kier molecular flexibility index (Phi) is 7.83. The highest BCUT2D eigenvalue weighted by molar-refractivity contribution is 5.97. The first kappa shape index (κ1) is 27.4. The first-order valence-electron chi connectivity index (χ1n) is 14.1. The smallest absolute Gasteiger partial charge is 0.254 e. The van der Waals surface area contributed by atoms with Crippen LogP contribution in [0.2, 0.25) is 0 Å². The standard InChI is InChI=1S/C31H32N6O5/c1-19-34-25-8-7-21(14-26(25)35-19)31(40)37-11-9-28-27(17-37)36-29(38)6-3-10-33-30(39)22-13-24(16-32-15-22)42-23-5-2-4-20(12-23)18-41-28/h2,4-5,7-8,12-16,27-28H,3,6,9-11,17-18H2,1H3,(H,33,39)(H,34,35)(H,36,38)/t27-,28-/m0/s1. The van der Waals surface area contributed by atoms with Crippen LogP contribution in [0.25, 0.3) is 11.0 Å². The Labute approximate surface area is 242 Å². The summed E-state index contributed by atoms with van der Waals surface area (Å²) in [6.07, 6.45) is 3.97. The number of aromatic amines is 1. The lowest BCUT2D eigenvalue weighted by Crippen LogP contribution is -2.57. The van der Waals surface area contributed by atoms with Gasteiger partial charge in [-0.2, -0.15) is 0 Å². The number of nitrogens with one attached hydrogen (secondary N) is 3. The molecule has 0 unspecified atom stereocenters. The van der Waals surface area contributed by atoms with Crippen LogP contribution >= 0.6 is 0 Å². The maximum atomic E-state index is 13.5. The van der Waals surface area contributed by atoms with Crippen LogP contribution in [0.1, 0.15) is 51.4 Å². The number of rotatable bonds is 1. The molecule has 4 heterocycles. The number of nitrogens with zero attached hydrogens (tertiary/aromatic N) is 3. The molecule has 2 aliphatic rings. The van der Waals surface area contributed by atoms with Gasteiger partial charge in [0.2, 0.25) is 5.91 Å². The number of likely N-dealkylation sites (tertiary alicyclic amines) is 1. The lowest BCUT2D eigenvalue weighted by Gasteiger charge is -2.39. The van der Waals surface area contributed by atoms with Crippen molar-refractivity contribution in [3.63, 3.8) is 0 Å². The summed E-state index contributed by atoms with van der Waals surface area (Å²) in [6, 6.07) is 14.2. The van der Waals surface area contributed by atoms with Gasteiger partial charge in [0.15, 0.2) is 0 Å². The van der Waals surface area contributed by atoms with Crippen molar-refractivity contribution in [2.24, 2.45) is 0 Å². The zero-order valence-corrected chi connectivity index (χ0v) is 23.3. The molecule has 0 aliphatic carbocycles. The number of fused-ring (bicyclic) bond motifs is 6. The van der Waals surface area contributed by atoms with Crippen molar-refractivity contribution in [1.82, 2.24) is 30.5 Å². The third-order valence-corrected chi connectivity index (χ3v) is 7.47. The summed E-state index contributed by atoms with van der Waals surface area (Å²) in [7, 11) is 0. The highest BCUT2D eigenvalue weighted by Gasteiger charge is 2.34. The molecule has 4 bridgehead atoms. The average Bonchev–Trinajstić information content (AvgIpc) is 3.37. The number of aromatic nitrogens is 3. The topological polar surface area (TPSA) is 139 Å². The summed E-state index contributed by atoms with van der Waals surface area (Å²) in [5.74, 6) is 1.26. The van der Waals surface area contributed by atoms with Crippen LogP contribution in [0.5, 0.6) is 11.5 Å². The minimum absolute atomic E-state index is 0.110. The molecule has 0 radical (unpaired) electrons. The Morgan fingerprint density at radius 2 is 1.98 bits per heavy atom. The minimum atomic E-state index is -0.396. The Bertz CT molecular complexity index is 1640. The molecule has 2 aromatic heterocycles. The molecule has 4 aromatic rings. The third kappa shape index (κ3) is 6.26. The summed E-state index contributed by atoms with van der Waals surface area (Å²) in [5, 5.41) is 5.93. The maximum Gasteiger partial charge on any atom is 0.254 e. The fourth-order valence-electron chi connectivity index (χ4n) is 5.37. The number of amides is 3. The zero-order valence-electron chi connectivity index (χ0n) is 23.3. The Balaban J connectivity index is 1.20. The molecule has 1 saturated heterocycles. The van der Waals surface area contributed by atoms with Crippen LogP contribution in [0, 0.1) is 6.92 Å². The summed E-state index contributed by atoms with van der Waals surface area (Å²) in [5.41, 5.74) is 3.44. The Morgan fingerprint density at radius 3 is 2.88 bits per heavy atom. The molecule has 0 saturated carbocycles. The van der Waals surface area contributed by atoms with Gasteiger partial charge in [-0.1, -0.05) is 12.1 Å². The largest absolute Gasteiger partial charge is 0.456 e. The van der Waals surface area contributed by atoms with Crippen LogP contribution in [0.15, 0.2) is 60.9 Å². The van der Waals surface area contributed by atoms with Crippen molar-refractivity contribution in [3.8, 4) is 11.5 Å². The molecule has 2 aliphatic heterocycles. The van der Waals surface area contributed by atoms with E-state index in [1.165, 1.54) is 6.20 Å². The predicted molar refractivity (Wildman–Crippen MR) is 154 cm³/mol. The molecule has 11 nitrogen and oxygen atoms in total. The number of benzene rings is 2. The fourth-order valence-corrected chi connectivity index (χ4v) is 5.37. The first-order valence-corrected chi connectivity index (χ1v) is 14.1. The molecule has 2 aromatic carbocycles. The lowest BCUT2D eigenvalue weighted by molar-refractivity contribution is -0.124. The van der Waals surface area contributed by atoms with Crippen LogP contribution in [0.3, 0.4) is 0 Å². The van der Waals surface area contributed by atoms with Gasteiger partial charge in [-0.15, -0.1) is 0 Å². The van der Waals surface area contributed by atoms with E-state index in [9.17, 15) is 14.4 Å². The normalized spacial score (nSPS) is 20.0. The number of pyridine rings is 1. The fraction of sp³-hybridized carbons (Fsp3) is 0.323. The summed E-state index contributed by atoms with van der Waals surface area (Å²) >= 11 is 0. The van der Waals surface area contributed by atoms with Crippen LogP contribution in [-0.4, -0.2) is 69.4 Å². The molecule has 216 valence electrons. The second-order valence-corrected chi connectivity index (χ2v) is 10.6. The van der Waals surface area contributed by atoms with Crippen LogP contribution < -0.4 is 15.4 Å². The van der Waals surface area contributed by atoms with Gasteiger partial charge >= 0.3 is 0 Å². The van der Waals surface area contributed by atoms with Gasteiger partial charge in [-0.25, -0.2) is 4.98 Å². The number of hydrogen-bond acceptors (Lipinski definition) is 7. The van der Waals surface area contributed by atoms with Gasteiger partial charge in [0.05, 0.1) is 41.5 Å². The van der Waals surface area contributed by atoms with Crippen molar-refractivity contribution in [2.45, 2.75) is 44.9 Å². The van der Waals surface area contributed by atoms with Crippen LogP contribution in [-0.2, 0) is 16.1 Å². The SMILES string of the molecule is Cc1nc2ccc(C(=O)N3CC[C@@H]4OCc5cccc(c5)Oc5cncc(c5)C(=O)NCCCC(=O)N[C@H]4C3)cc2[nH]1. The molecule has 6 rings (SSSR count). The van der Waals surface area contributed by atoms with Crippen molar-refractivity contribution >= 4 is 28.8 Å². The van der Waals surface area contributed by atoms with E-state index < -0.39 is 6.04 Å². The lowest BCUT2D eigenvalue weighted by atomic mass is 10.00. The summed E-state index contributed by atoms with van der Waals surface area (Å²) in [6.45, 7) is 3.31. The highest BCUT2D eigenvalue weighted by Crippen LogP contribution is 2.25. The molecular weight excluding hydrogens is 536 g/mol. The van der Waals surface area contributed by atoms with E-state index in [0.717, 1.165) is 22.4 Å². The summed E-state index contributed by atoms with van der Waals surface area (Å²) < 4.78 is 12.3. The number of imidazole rings is 1. The zero-order chi connectivity index (χ0) is 29.1. The summed E-state index contributed by atoms with van der Waals surface area (Å²) in [4.78, 5) is 52.6. The number of carbonyl (C=O) groups excluding carboxylic acids is 3. The van der Waals surface area contributed by atoms with Crippen molar-refractivity contribution < 1.29 is 23.9 Å². The Morgan fingerprint density at radius 1 is 1.07 bits per heavy atom. The van der Waals surface area contributed by atoms with Crippen molar-refractivity contribution in [2.75, 3.05) is 19.6 Å². The van der Waals surface area contributed by atoms with E-state index >= 15 is 0 Å². The third-order valence-electron chi connectivity index (χ3n) is 7.47. The molecular formula is C31H32N6O5. The molecule has 42 heavy (non-hydrogen) atoms. The van der Waals surface area contributed by atoms with Gasteiger partial charge < -0.3 is 30.0 Å². The molecule has 3 amide bonds. The molecule has 1 fully saturated rings. The number of aryl methyl sites for hydroxylation is 1. The second kappa shape index (κ2) is 12.0. The number of ether oxygens (including phenoxy) is 2. The highest BCUT2D eigenvalue weighted by atomic mass is 16.5. The quantitative estimate of drug-likeness (QED) is 0.320. The van der Waals surface area contributed by atoms with E-state index in [-0.39, 0.29) is 30.2 Å². The van der Waals surface area contributed by atoms with E-state index in [1.54, 1.807) is 23.2 Å². The maximum absolute atomic E-state index is 13.5. The van der Waals surface area contributed by atoms with Crippen molar-refractivity contribution in [1.29, 1.82) is 0 Å². The molecule has 2 atom stereocenters. The Hall–Kier alpha value is -4.77. The first-order chi connectivity index (χ1) is 20.4. The van der Waals surface area contributed by atoms with Crippen molar-refractivity contribution in [3.05, 3.63) is 83.4 Å². The molecule has 3 N–H and O–H groups in total. The predicted octanol–water partition coefficient (Wildman–Crippen LogP) is 3.50. The van der Waals surface area contributed by atoms with E-state index in [0.29, 0.717) is 61.7 Å².